The lowest BCUT2D eigenvalue weighted by atomic mass is 10.1. The van der Waals surface area contributed by atoms with Gasteiger partial charge in [0.15, 0.2) is 0 Å². The molecule has 0 atom stereocenters. The van der Waals surface area contributed by atoms with Crippen molar-refractivity contribution in [2.24, 2.45) is 0 Å². The molecule has 0 unspecified atom stereocenters. The quantitative estimate of drug-likeness (QED) is 0.805. The summed E-state index contributed by atoms with van der Waals surface area (Å²) >= 11 is 0. The monoisotopic (exact) mass is 228 g/mol. The molecule has 0 radical (unpaired) electrons. The van der Waals surface area contributed by atoms with Gasteiger partial charge in [0.25, 0.3) is 0 Å². The third-order valence-corrected chi connectivity index (χ3v) is 2.40. The Kier molecular flexibility index (Phi) is 4.96. The number of nitrogens with zero attached hydrogens (tertiary/aromatic N) is 1. The zero-order chi connectivity index (χ0) is 12.7. The maximum absolute atomic E-state index is 11.6. The van der Waals surface area contributed by atoms with Crippen molar-refractivity contribution >= 4 is 5.91 Å². The minimum absolute atomic E-state index is 0.0452. The lowest BCUT2D eigenvalue weighted by molar-refractivity contribution is -0.117. The number of carbonyl (C=O) groups is 1. The number of allylic oxidation sites excluding steroid dienone is 1. The maximum atomic E-state index is 11.6. The Morgan fingerprint density at radius 3 is 2.59 bits per heavy atom. The molecule has 0 aliphatic carbocycles. The molecule has 0 fully saturated rings. The molecule has 0 bridgehead atoms. The molecule has 1 aromatic carbocycles. The summed E-state index contributed by atoms with van der Waals surface area (Å²) in [6, 6.07) is 9.24. The summed E-state index contributed by atoms with van der Waals surface area (Å²) in [5, 5.41) is 11.5. The summed E-state index contributed by atoms with van der Waals surface area (Å²) in [7, 11) is 0. The van der Waals surface area contributed by atoms with Crippen molar-refractivity contribution in [2.75, 3.05) is 0 Å². The lowest BCUT2D eigenvalue weighted by Gasteiger charge is -2.05. The molecular weight excluding hydrogens is 212 g/mol. The third kappa shape index (κ3) is 4.12. The summed E-state index contributed by atoms with van der Waals surface area (Å²) in [6.45, 7) is 4.29. The highest BCUT2D eigenvalue weighted by atomic mass is 16.1. The first-order valence-corrected chi connectivity index (χ1v) is 5.61. The Morgan fingerprint density at radius 1 is 1.41 bits per heavy atom. The number of hydrogen-bond donors (Lipinski definition) is 1. The van der Waals surface area contributed by atoms with E-state index in [4.69, 9.17) is 5.26 Å². The first kappa shape index (κ1) is 13.0. The van der Waals surface area contributed by atoms with Crippen molar-refractivity contribution < 1.29 is 4.79 Å². The molecule has 17 heavy (non-hydrogen) atoms. The van der Waals surface area contributed by atoms with Crippen LogP contribution in [-0.2, 0) is 11.3 Å². The van der Waals surface area contributed by atoms with E-state index >= 15 is 0 Å². The van der Waals surface area contributed by atoms with Crippen LogP contribution in [0, 0.1) is 11.3 Å². The standard InChI is InChI=1S/C14H16N2O/c1-3-4-11(2)14(17)16-10-13-7-5-12(9-15)6-8-13/h4-8H,3,10H2,1-2H3,(H,16,17)/b11-4+. The zero-order valence-corrected chi connectivity index (χ0v) is 10.2. The maximum Gasteiger partial charge on any atom is 0.246 e. The van der Waals surface area contributed by atoms with Gasteiger partial charge < -0.3 is 5.32 Å². The average molecular weight is 228 g/mol. The van der Waals surface area contributed by atoms with Crippen LogP contribution in [0.25, 0.3) is 0 Å². The minimum atomic E-state index is -0.0452. The Labute approximate surface area is 102 Å². The largest absolute Gasteiger partial charge is 0.348 e. The van der Waals surface area contributed by atoms with Crippen LogP contribution in [0.1, 0.15) is 31.4 Å². The van der Waals surface area contributed by atoms with Crippen LogP contribution in [0.4, 0.5) is 0 Å². The lowest BCUT2D eigenvalue weighted by Crippen LogP contribution is -2.23. The molecule has 0 spiro atoms. The second kappa shape index (κ2) is 6.49. The van der Waals surface area contributed by atoms with E-state index in [1.165, 1.54) is 0 Å². The van der Waals surface area contributed by atoms with Crippen molar-refractivity contribution in [3.8, 4) is 6.07 Å². The van der Waals surface area contributed by atoms with Gasteiger partial charge in [-0.2, -0.15) is 5.26 Å². The van der Waals surface area contributed by atoms with Crippen molar-refractivity contribution in [3.05, 3.63) is 47.0 Å². The van der Waals surface area contributed by atoms with Crippen LogP contribution in [0.5, 0.6) is 0 Å². The van der Waals surface area contributed by atoms with Gasteiger partial charge in [-0.1, -0.05) is 25.1 Å². The van der Waals surface area contributed by atoms with E-state index in [9.17, 15) is 4.79 Å². The Balaban J connectivity index is 2.53. The highest BCUT2D eigenvalue weighted by Crippen LogP contribution is 2.03. The van der Waals surface area contributed by atoms with Gasteiger partial charge in [0.2, 0.25) is 5.91 Å². The molecule has 1 rings (SSSR count). The van der Waals surface area contributed by atoms with E-state index in [2.05, 4.69) is 11.4 Å². The van der Waals surface area contributed by atoms with Crippen molar-refractivity contribution in [1.82, 2.24) is 5.32 Å². The Bertz CT molecular complexity index is 452. The van der Waals surface area contributed by atoms with Crippen molar-refractivity contribution in [3.63, 3.8) is 0 Å². The van der Waals surface area contributed by atoms with E-state index in [1.807, 2.05) is 25.1 Å². The number of carbonyl (C=O) groups excluding carboxylic acids is 1. The summed E-state index contributed by atoms with van der Waals surface area (Å²) in [6.07, 6.45) is 2.75. The van der Waals surface area contributed by atoms with Gasteiger partial charge in [0.1, 0.15) is 0 Å². The van der Waals surface area contributed by atoms with Gasteiger partial charge >= 0.3 is 0 Å². The van der Waals surface area contributed by atoms with Gasteiger partial charge in [-0.05, 0) is 31.0 Å². The predicted molar refractivity (Wildman–Crippen MR) is 67.1 cm³/mol. The first-order chi connectivity index (χ1) is 8.17. The normalized spacial score (nSPS) is 10.8. The van der Waals surface area contributed by atoms with Gasteiger partial charge in [-0.25, -0.2) is 0 Å². The number of hydrogen-bond acceptors (Lipinski definition) is 2. The first-order valence-electron chi connectivity index (χ1n) is 5.61. The second-order valence-electron chi connectivity index (χ2n) is 3.79. The van der Waals surface area contributed by atoms with Gasteiger partial charge in [-0.3, -0.25) is 4.79 Å². The minimum Gasteiger partial charge on any atom is -0.348 e. The molecule has 3 heteroatoms. The summed E-state index contributed by atoms with van der Waals surface area (Å²) in [4.78, 5) is 11.6. The molecule has 0 aliphatic rings. The van der Waals surface area contributed by atoms with Gasteiger partial charge in [-0.15, -0.1) is 0 Å². The number of amides is 1. The van der Waals surface area contributed by atoms with Gasteiger partial charge in [0.05, 0.1) is 11.6 Å². The molecule has 3 nitrogen and oxygen atoms in total. The van der Waals surface area contributed by atoms with E-state index in [1.54, 1.807) is 19.1 Å². The smallest absolute Gasteiger partial charge is 0.246 e. The number of rotatable bonds is 4. The average Bonchev–Trinajstić information content (AvgIpc) is 2.36. The summed E-state index contributed by atoms with van der Waals surface area (Å²) in [5.74, 6) is -0.0452. The fourth-order valence-electron chi connectivity index (χ4n) is 1.42. The fraction of sp³-hybridized carbons (Fsp3) is 0.286. The SMILES string of the molecule is CC/C=C(\C)C(=O)NCc1ccc(C#N)cc1. The molecular formula is C14H16N2O. The molecule has 0 heterocycles. The van der Waals surface area contributed by atoms with E-state index in [-0.39, 0.29) is 5.91 Å². The molecule has 0 aromatic heterocycles. The van der Waals surface area contributed by atoms with Crippen LogP contribution in [0.3, 0.4) is 0 Å². The number of nitrogens with one attached hydrogen (secondary N) is 1. The molecule has 1 amide bonds. The number of nitriles is 1. The topological polar surface area (TPSA) is 52.9 Å². The second-order valence-corrected chi connectivity index (χ2v) is 3.79. The molecule has 1 N–H and O–H groups in total. The van der Waals surface area contributed by atoms with Crippen LogP contribution in [0.2, 0.25) is 0 Å². The van der Waals surface area contributed by atoms with Crippen LogP contribution in [-0.4, -0.2) is 5.91 Å². The molecule has 0 saturated heterocycles. The Hall–Kier alpha value is -2.08. The van der Waals surface area contributed by atoms with Crippen molar-refractivity contribution in [2.45, 2.75) is 26.8 Å². The highest BCUT2D eigenvalue weighted by molar-refractivity contribution is 5.92. The molecule has 88 valence electrons. The van der Waals surface area contributed by atoms with Crippen LogP contribution >= 0.6 is 0 Å². The van der Waals surface area contributed by atoms with E-state index < -0.39 is 0 Å². The fourth-order valence-corrected chi connectivity index (χ4v) is 1.42. The Morgan fingerprint density at radius 2 is 2.06 bits per heavy atom. The van der Waals surface area contributed by atoms with Crippen LogP contribution in [0.15, 0.2) is 35.9 Å². The molecule has 1 aromatic rings. The van der Waals surface area contributed by atoms with Crippen molar-refractivity contribution in [1.29, 1.82) is 5.26 Å². The molecule has 0 aliphatic heterocycles. The zero-order valence-electron chi connectivity index (χ0n) is 10.2. The highest BCUT2D eigenvalue weighted by Gasteiger charge is 2.02. The van der Waals surface area contributed by atoms with Gasteiger partial charge in [0, 0.05) is 12.1 Å². The summed E-state index contributed by atoms with van der Waals surface area (Å²) in [5.41, 5.74) is 2.35. The van der Waals surface area contributed by atoms with Crippen LogP contribution < -0.4 is 5.32 Å². The van der Waals surface area contributed by atoms with E-state index in [0.717, 1.165) is 17.6 Å². The third-order valence-electron chi connectivity index (χ3n) is 2.40. The van der Waals surface area contributed by atoms with E-state index in [0.29, 0.717) is 12.1 Å². The summed E-state index contributed by atoms with van der Waals surface area (Å²) < 4.78 is 0. The number of benzene rings is 1. The predicted octanol–water partition coefficient (Wildman–Crippen LogP) is 2.53. The molecule has 0 saturated carbocycles.